The smallest absolute Gasteiger partial charge is 0.232 e. The summed E-state index contributed by atoms with van der Waals surface area (Å²) in [6.07, 6.45) is 2.50. The predicted octanol–water partition coefficient (Wildman–Crippen LogP) is 5.89. The second-order valence-corrected chi connectivity index (χ2v) is 11.8. The summed E-state index contributed by atoms with van der Waals surface area (Å²) in [6, 6.07) is 18.7. The molecule has 2 unspecified atom stereocenters. The van der Waals surface area contributed by atoms with Crippen LogP contribution in [-0.4, -0.2) is 48.6 Å². The normalized spacial score (nSPS) is 19.1. The van der Waals surface area contributed by atoms with Crippen molar-refractivity contribution in [3.63, 3.8) is 0 Å². The van der Waals surface area contributed by atoms with Crippen molar-refractivity contribution in [2.75, 3.05) is 25.1 Å². The van der Waals surface area contributed by atoms with E-state index in [1.165, 1.54) is 0 Å². The first kappa shape index (κ1) is 29.0. The highest BCUT2D eigenvalue weighted by atomic mass is 35.5. The molecule has 7 nitrogen and oxygen atoms in total. The van der Waals surface area contributed by atoms with Crippen molar-refractivity contribution >= 4 is 29.6 Å². The number of piperidine rings is 1. The van der Waals surface area contributed by atoms with Crippen molar-refractivity contribution in [2.24, 2.45) is 5.92 Å². The van der Waals surface area contributed by atoms with E-state index in [-0.39, 0.29) is 24.3 Å². The molecule has 41 heavy (non-hydrogen) atoms. The fourth-order valence-corrected chi connectivity index (χ4v) is 6.22. The summed E-state index contributed by atoms with van der Waals surface area (Å²) in [5, 5.41) is 12.2. The van der Waals surface area contributed by atoms with Gasteiger partial charge in [-0.05, 0) is 98.2 Å². The second kappa shape index (κ2) is 11.7. The lowest BCUT2D eigenvalue weighted by Gasteiger charge is -2.40. The molecule has 2 aliphatic heterocycles. The lowest BCUT2D eigenvalue weighted by Crippen LogP contribution is -2.42. The molecule has 3 aromatic carbocycles. The van der Waals surface area contributed by atoms with Crippen molar-refractivity contribution in [3.8, 4) is 11.5 Å². The zero-order valence-electron chi connectivity index (χ0n) is 24.0. The molecular formula is C33H37ClN2O5. The van der Waals surface area contributed by atoms with Crippen molar-refractivity contribution in [3.05, 3.63) is 87.9 Å². The average Bonchev–Trinajstić information content (AvgIpc) is 2.96. The van der Waals surface area contributed by atoms with E-state index < -0.39 is 11.6 Å². The highest BCUT2D eigenvalue weighted by Gasteiger charge is 2.38. The predicted molar refractivity (Wildman–Crippen MR) is 160 cm³/mol. The van der Waals surface area contributed by atoms with Gasteiger partial charge in [-0.2, -0.15) is 0 Å². The number of amides is 2. The molecule has 1 fully saturated rings. The van der Waals surface area contributed by atoms with Gasteiger partial charge in [0.1, 0.15) is 0 Å². The number of fused-ring (bicyclic) bond motifs is 1. The van der Waals surface area contributed by atoms with E-state index in [1.807, 2.05) is 86.3 Å². The summed E-state index contributed by atoms with van der Waals surface area (Å²) in [4.78, 5) is 28.5. The molecule has 3 aromatic rings. The van der Waals surface area contributed by atoms with Crippen LogP contribution in [0.1, 0.15) is 61.9 Å². The first-order valence-corrected chi connectivity index (χ1v) is 14.5. The number of carbonyl (C=O) groups is 2. The Hall–Kier alpha value is -3.55. The Bertz CT molecular complexity index is 1400. The van der Waals surface area contributed by atoms with Crippen LogP contribution in [0.5, 0.6) is 11.5 Å². The van der Waals surface area contributed by atoms with E-state index in [0.717, 1.165) is 47.2 Å². The summed E-state index contributed by atoms with van der Waals surface area (Å²) < 4.78 is 11.7. The number of hydrogen-bond donors (Lipinski definition) is 1. The number of nitrogens with zero attached hydrogens (tertiary/aromatic N) is 2. The van der Waals surface area contributed by atoms with Gasteiger partial charge in [0, 0.05) is 23.8 Å². The molecule has 0 spiro atoms. The maximum Gasteiger partial charge on any atom is 0.232 e. The number of methoxy groups -OCH3 is 1. The van der Waals surface area contributed by atoms with E-state index in [9.17, 15) is 14.7 Å². The van der Waals surface area contributed by atoms with E-state index in [0.29, 0.717) is 29.6 Å². The summed E-state index contributed by atoms with van der Waals surface area (Å²) >= 11 is 6.23. The highest BCUT2D eigenvalue weighted by Crippen LogP contribution is 2.44. The standard InChI is InChI=1S/C33H37ClN2O5/c1-21(2)41-30-19-28-23(17-29(30)40-4)18-31(38)36(32(28)22-5-9-26(34)10-6-22)27-11-7-24(8-12-27)33(3,39)25-13-15-35(20-37)16-14-25/h5-12,17,19-21,25,32,39H,13-16,18H2,1-4H3. The molecule has 0 saturated carbocycles. The third-order valence-corrected chi connectivity index (χ3v) is 8.59. The van der Waals surface area contributed by atoms with Crippen molar-refractivity contribution in [1.82, 2.24) is 4.90 Å². The SMILES string of the molecule is COc1cc2c(cc1OC(C)C)C(c1ccc(Cl)cc1)N(c1ccc(C(C)(O)C3CCN(C=O)CC3)cc1)C(=O)C2. The minimum Gasteiger partial charge on any atom is -0.493 e. The molecule has 8 heteroatoms. The van der Waals surface area contributed by atoms with Gasteiger partial charge >= 0.3 is 0 Å². The Morgan fingerprint density at radius 1 is 1.02 bits per heavy atom. The summed E-state index contributed by atoms with van der Waals surface area (Å²) in [5.41, 5.74) is 3.24. The fraction of sp³-hybridized carbons (Fsp3) is 0.394. The first-order chi connectivity index (χ1) is 19.6. The van der Waals surface area contributed by atoms with Gasteiger partial charge in [0.05, 0.1) is 31.3 Å². The lowest BCUT2D eigenvalue weighted by molar-refractivity contribution is -0.121. The summed E-state index contributed by atoms with van der Waals surface area (Å²) in [6.45, 7) is 7.05. The van der Waals surface area contributed by atoms with Crippen molar-refractivity contribution in [1.29, 1.82) is 0 Å². The van der Waals surface area contributed by atoms with E-state index in [2.05, 4.69) is 0 Å². The molecule has 2 aliphatic rings. The molecule has 2 heterocycles. The third kappa shape index (κ3) is 5.79. The van der Waals surface area contributed by atoms with Crippen LogP contribution in [0, 0.1) is 5.92 Å². The Morgan fingerprint density at radius 3 is 2.27 bits per heavy atom. The highest BCUT2D eigenvalue weighted by molar-refractivity contribution is 6.30. The quantitative estimate of drug-likeness (QED) is 0.338. The maximum absolute atomic E-state index is 13.8. The van der Waals surface area contributed by atoms with Crippen LogP contribution in [0.15, 0.2) is 60.7 Å². The van der Waals surface area contributed by atoms with Crippen LogP contribution in [-0.2, 0) is 21.6 Å². The topological polar surface area (TPSA) is 79.3 Å². The molecule has 2 amide bonds. The van der Waals surface area contributed by atoms with Crippen LogP contribution in [0.3, 0.4) is 0 Å². The number of benzene rings is 3. The number of anilines is 1. The van der Waals surface area contributed by atoms with Crippen molar-refractivity contribution in [2.45, 2.75) is 57.8 Å². The van der Waals surface area contributed by atoms with Gasteiger partial charge in [-0.1, -0.05) is 35.9 Å². The van der Waals surface area contributed by atoms with Crippen molar-refractivity contribution < 1.29 is 24.2 Å². The Balaban J connectivity index is 1.54. The number of halogens is 1. The number of carbonyl (C=O) groups excluding carboxylic acids is 2. The molecule has 2 atom stereocenters. The minimum atomic E-state index is -1.05. The second-order valence-electron chi connectivity index (χ2n) is 11.4. The molecule has 0 aliphatic carbocycles. The molecule has 1 saturated heterocycles. The number of rotatable bonds is 8. The molecule has 216 valence electrons. The zero-order chi connectivity index (χ0) is 29.3. The molecule has 0 radical (unpaired) electrons. The fourth-order valence-electron chi connectivity index (χ4n) is 6.09. The van der Waals surface area contributed by atoms with Gasteiger partial charge in [0.15, 0.2) is 11.5 Å². The number of ether oxygens (including phenoxy) is 2. The van der Waals surface area contributed by atoms with Gasteiger partial charge in [-0.15, -0.1) is 0 Å². The van der Waals surface area contributed by atoms with Gasteiger partial charge in [0.2, 0.25) is 12.3 Å². The van der Waals surface area contributed by atoms with Gasteiger partial charge < -0.3 is 24.4 Å². The number of aliphatic hydroxyl groups is 1. The zero-order valence-corrected chi connectivity index (χ0v) is 24.7. The molecule has 5 rings (SSSR count). The lowest BCUT2D eigenvalue weighted by atomic mass is 9.77. The van der Waals surface area contributed by atoms with Crippen LogP contribution < -0.4 is 14.4 Å². The van der Waals surface area contributed by atoms with Crippen LogP contribution in [0.4, 0.5) is 5.69 Å². The maximum atomic E-state index is 13.8. The molecule has 0 aromatic heterocycles. The van der Waals surface area contributed by atoms with E-state index in [1.54, 1.807) is 12.0 Å². The molecule has 0 bridgehead atoms. The summed E-state index contributed by atoms with van der Waals surface area (Å²) in [7, 11) is 1.60. The summed E-state index contributed by atoms with van der Waals surface area (Å²) in [5.74, 6) is 1.21. The Morgan fingerprint density at radius 2 is 1.68 bits per heavy atom. The molecular weight excluding hydrogens is 540 g/mol. The average molecular weight is 577 g/mol. The van der Waals surface area contributed by atoms with Crippen LogP contribution in [0.2, 0.25) is 5.02 Å². The largest absolute Gasteiger partial charge is 0.493 e. The minimum absolute atomic E-state index is 0.0317. The Labute approximate surface area is 246 Å². The van der Waals surface area contributed by atoms with E-state index in [4.69, 9.17) is 21.1 Å². The first-order valence-electron chi connectivity index (χ1n) is 14.1. The van der Waals surface area contributed by atoms with E-state index >= 15 is 0 Å². The number of likely N-dealkylation sites (tertiary alicyclic amines) is 1. The van der Waals surface area contributed by atoms with Crippen LogP contribution >= 0.6 is 11.6 Å². The van der Waals surface area contributed by atoms with Gasteiger partial charge in [-0.3, -0.25) is 9.59 Å². The third-order valence-electron chi connectivity index (χ3n) is 8.34. The Kier molecular flexibility index (Phi) is 8.30. The van der Waals surface area contributed by atoms with Gasteiger partial charge in [0.25, 0.3) is 0 Å². The number of hydrogen-bond acceptors (Lipinski definition) is 5. The monoisotopic (exact) mass is 576 g/mol. The van der Waals surface area contributed by atoms with Crippen LogP contribution in [0.25, 0.3) is 0 Å². The van der Waals surface area contributed by atoms with Gasteiger partial charge in [-0.25, -0.2) is 0 Å². The molecule has 1 N–H and O–H groups in total.